The zero-order valence-electron chi connectivity index (χ0n) is 14.1. The molecule has 1 aromatic heterocycles. The number of pyridine rings is 1. The van der Waals surface area contributed by atoms with Crippen molar-refractivity contribution in [3.63, 3.8) is 0 Å². The van der Waals surface area contributed by atoms with Gasteiger partial charge in [-0.25, -0.2) is 4.98 Å². The van der Waals surface area contributed by atoms with Crippen LogP contribution in [0.3, 0.4) is 0 Å². The van der Waals surface area contributed by atoms with Crippen molar-refractivity contribution in [2.75, 3.05) is 11.9 Å². The van der Waals surface area contributed by atoms with E-state index in [2.05, 4.69) is 10.3 Å². The van der Waals surface area contributed by atoms with Gasteiger partial charge in [-0.15, -0.1) is 0 Å². The van der Waals surface area contributed by atoms with E-state index in [1.54, 1.807) is 12.3 Å². The first-order chi connectivity index (χ1) is 11.7. The van der Waals surface area contributed by atoms with Gasteiger partial charge in [0.05, 0.1) is 6.61 Å². The van der Waals surface area contributed by atoms with Crippen LogP contribution in [0.2, 0.25) is 0 Å². The van der Waals surface area contributed by atoms with Crippen LogP contribution in [0, 0.1) is 12.8 Å². The summed E-state index contributed by atoms with van der Waals surface area (Å²) in [5.41, 5.74) is 1.68. The Labute approximate surface area is 143 Å². The maximum absolute atomic E-state index is 12.4. The number of anilines is 1. The van der Waals surface area contributed by atoms with E-state index in [0.29, 0.717) is 29.7 Å². The van der Waals surface area contributed by atoms with Gasteiger partial charge in [-0.2, -0.15) is 0 Å². The Bertz CT molecular complexity index is 694. The van der Waals surface area contributed by atoms with Crippen LogP contribution in [-0.2, 0) is 0 Å². The number of carbonyl (C=O) groups is 1. The number of ether oxygens (including phenoxy) is 1. The van der Waals surface area contributed by atoms with Crippen LogP contribution in [0.1, 0.15) is 48.0 Å². The molecule has 0 radical (unpaired) electrons. The van der Waals surface area contributed by atoms with E-state index in [1.807, 2.05) is 37.3 Å². The number of rotatable bonds is 5. The molecular formula is C20H24N2O2. The number of nitrogens with zero attached hydrogens (tertiary/aromatic N) is 1. The van der Waals surface area contributed by atoms with E-state index in [-0.39, 0.29) is 5.91 Å². The third-order valence-electron chi connectivity index (χ3n) is 4.48. The fourth-order valence-corrected chi connectivity index (χ4v) is 3.13. The topological polar surface area (TPSA) is 51.2 Å². The van der Waals surface area contributed by atoms with Gasteiger partial charge in [-0.05, 0) is 49.9 Å². The highest BCUT2D eigenvalue weighted by Crippen LogP contribution is 2.27. The Morgan fingerprint density at radius 1 is 1.21 bits per heavy atom. The van der Waals surface area contributed by atoms with Crippen molar-refractivity contribution in [3.05, 3.63) is 53.7 Å². The van der Waals surface area contributed by atoms with Crippen LogP contribution >= 0.6 is 0 Å². The number of hydrogen-bond acceptors (Lipinski definition) is 3. The Kier molecular flexibility index (Phi) is 5.47. The van der Waals surface area contributed by atoms with Gasteiger partial charge in [0, 0.05) is 11.8 Å². The van der Waals surface area contributed by atoms with Gasteiger partial charge >= 0.3 is 0 Å². The van der Waals surface area contributed by atoms with Crippen molar-refractivity contribution in [2.24, 2.45) is 5.92 Å². The number of aryl methyl sites for hydroxylation is 1. The molecule has 24 heavy (non-hydrogen) atoms. The second kappa shape index (κ2) is 7.95. The largest absolute Gasteiger partial charge is 0.489 e. The van der Waals surface area contributed by atoms with E-state index in [0.717, 1.165) is 5.56 Å². The number of carbonyl (C=O) groups excluding carboxylic acids is 1. The molecule has 0 unspecified atom stereocenters. The second-order valence-electron chi connectivity index (χ2n) is 6.49. The Hall–Kier alpha value is -2.36. The van der Waals surface area contributed by atoms with E-state index >= 15 is 0 Å². The van der Waals surface area contributed by atoms with Gasteiger partial charge in [0.1, 0.15) is 0 Å². The molecule has 2 aromatic rings. The van der Waals surface area contributed by atoms with Crippen molar-refractivity contribution in [1.82, 2.24) is 4.98 Å². The van der Waals surface area contributed by atoms with Gasteiger partial charge in [0.15, 0.2) is 11.6 Å². The van der Waals surface area contributed by atoms with Crippen LogP contribution in [-0.4, -0.2) is 17.5 Å². The molecule has 4 nitrogen and oxygen atoms in total. The molecule has 1 amide bonds. The summed E-state index contributed by atoms with van der Waals surface area (Å²) in [6.07, 6.45) is 8.03. The molecular weight excluding hydrogens is 300 g/mol. The molecule has 1 saturated carbocycles. The Balaban J connectivity index is 1.66. The number of nitrogens with one attached hydrogen (secondary N) is 1. The van der Waals surface area contributed by atoms with Gasteiger partial charge in [0.25, 0.3) is 5.91 Å². The van der Waals surface area contributed by atoms with Gasteiger partial charge in [-0.3, -0.25) is 4.79 Å². The first-order valence-corrected chi connectivity index (χ1v) is 8.68. The molecule has 1 N–H and O–H groups in total. The third-order valence-corrected chi connectivity index (χ3v) is 4.48. The molecule has 1 heterocycles. The zero-order chi connectivity index (χ0) is 16.8. The van der Waals surface area contributed by atoms with Crippen LogP contribution in [0.4, 0.5) is 5.82 Å². The van der Waals surface area contributed by atoms with Crippen LogP contribution in [0.15, 0.2) is 42.6 Å². The fraction of sp³-hybridized carbons (Fsp3) is 0.400. The first-order valence-electron chi connectivity index (χ1n) is 8.68. The second-order valence-corrected chi connectivity index (χ2v) is 6.49. The summed E-state index contributed by atoms with van der Waals surface area (Å²) in [7, 11) is 0. The minimum absolute atomic E-state index is 0.167. The summed E-state index contributed by atoms with van der Waals surface area (Å²) in [5, 5.41) is 2.87. The van der Waals surface area contributed by atoms with Crippen molar-refractivity contribution in [2.45, 2.75) is 39.0 Å². The van der Waals surface area contributed by atoms with E-state index in [1.165, 1.54) is 32.1 Å². The Morgan fingerprint density at radius 3 is 2.83 bits per heavy atom. The number of aromatic nitrogens is 1. The monoisotopic (exact) mass is 324 g/mol. The number of benzene rings is 1. The van der Waals surface area contributed by atoms with E-state index < -0.39 is 0 Å². The summed E-state index contributed by atoms with van der Waals surface area (Å²) < 4.78 is 5.96. The summed E-state index contributed by atoms with van der Waals surface area (Å²) in [6.45, 7) is 2.66. The standard InChI is InChI=1S/C20H24N2O2/c1-15-7-5-10-17(13-15)20(23)22-19-18(11-6-12-21-19)24-14-16-8-3-2-4-9-16/h5-7,10-13,16H,2-4,8-9,14H2,1H3,(H,21,22,23). The molecule has 126 valence electrons. The molecule has 3 rings (SSSR count). The molecule has 0 aliphatic heterocycles. The quantitative estimate of drug-likeness (QED) is 0.874. The van der Waals surface area contributed by atoms with Crippen molar-refractivity contribution in [1.29, 1.82) is 0 Å². The average Bonchev–Trinajstić information content (AvgIpc) is 2.62. The summed E-state index contributed by atoms with van der Waals surface area (Å²) in [4.78, 5) is 16.7. The molecule has 0 bridgehead atoms. The summed E-state index contributed by atoms with van der Waals surface area (Å²) in [5.74, 6) is 1.57. The Morgan fingerprint density at radius 2 is 2.04 bits per heavy atom. The van der Waals surface area contributed by atoms with Crippen molar-refractivity contribution < 1.29 is 9.53 Å². The highest BCUT2D eigenvalue weighted by atomic mass is 16.5. The SMILES string of the molecule is Cc1cccc(C(=O)Nc2ncccc2OCC2CCCCC2)c1. The normalized spacial score (nSPS) is 15.0. The van der Waals surface area contributed by atoms with Gasteiger partial charge in [-0.1, -0.05) is 37.0 Å². The summed E-state index contributed by atoms with van der Waals surface area (Å²) >= 11 is 0. The van der Waals surface area contributed by atoms with Crippen molar-refractivity contribution in [3.8, 4) is 5.75 Å². The number of hydrogen-bond donors (Lipinski definition) is 1. The molecule has 1 aromatic carbocycles. The van der Waals surface area contributed by atoms with Crippen LogP contribution < -0.4 is 10.1 Å². The highest BCUT2D eigenvalue weighted by molar-refractivity contribution is 6.04. The smallest absolute Gasteiger partial charge is 0.256 e. The summed E-state index contributed by atoms with van der Waals surface area (Å²) in [6, 6.07) is 11.2. The molecule has 1 fully saturated rings. The van der Waals surface area contributed by atoms with Crippen LogP contribution in [0.25, 0.3) is 0 Å². The average molecular weight is 324 g/mol. The van der Waals surface area contributed by atoms with Crippen LogP contribution in [0.5, 0.6) is 5.75 Å². The molecule has 1 aliphatic rings. The molecule has 1 aliphatic carbocycles. The van der Waals surface area contributed by atoms with Gasteiger partial charge < -0.3 is 10.1 Å². The molecule has 0 saturated heterocycles. The van der Waals surface area contributed by atoms with Gasteiger partial charge in [0.2, 0.25) is 0 Å². The highest BCUT2D eigenvalue weighted by Gasteiger charge is 2.16. The predicted octanol–water partition coefficient (Wildman–Crippen LogP) is 4.60. The molecule has 4 heteroatoms. The zero-order valence-corrected chi connectivity index (χ0v) is 14.1. The molecule has 0 spiro atoms. The minimum atomic E-state index is -0.167. The minimum Gasteiger partial charge on any atom is -0.489 e. The van der Waals surface area contributed by atoms with E-state index in [9.17, 15) is 4.79 Å². The van der Waals surface area contributed by atoms with E-state index in [4.69, 9.17) is 4.74 Å². The number of amides is 1. The lowest BCUT2D eigenvalue weighted by molar-refractivity contribution is 0.102. The lowest BCUT2D eigenvalue weighted by Crippen LogP contribution is -2.17. The maximum Gasteiger partial charge on any atom is 0.256 e. The lowest BCUT2D eigenvalue weighted by Gasteiger charge is -2.22. The first kappa shape index (κ1) is 16.5. The third kappa shape index (κ3) is 4.34. The maximum atomic E-state index is 12.4. The van der Waals surface area contributed by atoms with Crippen molar-refractivity contribution >= 4 is 11.7 Å². The lowest BCUT2D eigenvalue weighted by atomic mass is 9.90. The molecule has 0 atom stereocenters. The fourth-order valence-electron chi connectivity index (χ4n) is 3.13. The predicted molar refractivity (Wildman–Crippen MR) is 95.4 cm³/mol.